The van der Waals surface area contributed by atoms with Gasteiger partial charge in [-0.1, -0.05) is 34.1 Å². The minimum atomic E-state index is -0.306. The van der Waals surface area contributed by atoms with Crippen molar-refractivity contribution in [2.75, 3.05) is 0 Å². The highest BCUT2D eigenvalue weighted by molar-refractivity contribution is 9.10. The fraction of sp³-hybridized carbons (Fsp3) is 0.250. The molecule has 0 amide bonds. The SMILES string of the molecule is Cc1ccc(C2C[C@@H](N)c3ccc(F)cc3O2)c(Br)c1. The molecule has 3 rings (SSSR count). The van der Waals surface area contributed by atoms with Crippen molar-refractivity contribution < 1.29 is 9.13 Å². The first-order valence-corrected chi connectivity index (χ1v) is 7.31. The highest BCUT2D eigenvalue weighted by atomic mass is 79.9. The van der Waals surface area contributed by atoms with E-state index in [-0.39, 0.29) is 18.0 Å². The second-order valence-corrected chi connectivity index (χ2v) is 6.01. The Bertz CT molecular complexity index is 659. The summed E-state index contributed by atoms with van der Waals surface area (Å²) in [5.74, 6) is 0.237. The van der Waals surface area contributed by atoms with Crippen LogP contribution in [0, 0.1) is 12.7 Å². The Morgan fingerprint density at radius 3 is 2.70 bits per heavy atom. The zero-order valence-corrected chi connectivity index (χ0v) is 12.7. The molecular weight excluding hydrogens is 321 g/mol. The van der Waals surface area contributed by atoms with Crippen LogP contribution in [0.1, 0.15) is 35.3 Å². The van der Waals surface area contributed by atoms with Crippen LogP contribution in [0.3, 0.4) is 0 Å². The molecule has 2 atom stereocenters. The molecule has 2 aromatic rings. The molecule has 1 heterocycles. The molecule has 0 aromatic heterocycles. The van der Waals surface area contributed by atoms with Crippen LogP contribution in [0.2, 0.25) is 0 Å². The van der Waals surface area contributed by atoms with Gasteiger partial charge in [0.25, 0.3) is 0 Å². The summed E-state index contributed by atoms with van der Waals surface area (Å²) >= 11 is 3.56. The van der Waals surface area contributed by atoms with E-state index in [9.17, 15) is 4.39 Å². The van der Waals surface area contributed by atoms with Gasteiger partial charge >= 0.3 is 0 Å². The van der Waals surface area contributed by atoms with E-state index in [1.807, 2.05) is 25.1 Å². The van der Waals surface area contributed by atoms with Crippen molar-refractivity contribution in [2.24, 2.45) is 5.73 Å². The van der Waals surface area contributed by atoms with Crippen molar-refractivity contribution in [2.45, 2.75) is 25.5 Å². The van der Waals surface area contributed by atoms with Gasteiger partial charge in [0, 0.05) is 34.1 Å². The lowest BCUT2D eigenvalue weighted by Gasteiger charge is -2.31. The average molecular weight is 336 g/mol. The molecule has 1 aliphatic heterocycles. The molecule has 0 aliphatic carbocycles. The zero-order chi connectivity index (χ0) is 14.3. The highest BCUT2D eigenvalue weighted by Crippen LogP contribution is 2.41. The standard InChI is InChI=1S/C16H15BrFNO/c1-9-2-4-11(13(17)6-9)16-8-14(19)12-5-3-10(18)7-15(12)20-16/h2-7,14,16H,8,19H2,1H3/t14-,16?/m1/s1. The smallest absolute Gasteiger partial charge is 0.127 e. The average Bonchev–Trinajstić information content (AvgIpc) is 2.37. The van der Waals surface area contributed by atoms with Crippen molar-refractivity contribution in [3.05, 3.63) is 63.4 Å². The van der Waals surface area contributed by atoms with Crippen molar-refractivity contribution in [1.82, 2.24) is 0 Å². The predicted octanol–water partition coefficient (Wildman–Crippen LogP) is 4.42. The Balaban J connectivity index is 1.98. The fourth-order valence-corrected chi connectivity index (χ4v) is 3.31. The lowest BCUT2D eigenvalue weighted by atomic mass is 9.93. The number of benzene rings is 2. The quantitative estimate of drug-likeness (QED) is 0.837. The minimum Gasteiger partial charge on any atom is -0.485 e. The lowest BCUT2D eigenvalue weighted by molar-refractivity contribution is 0.160. The van der Waals surface area contributed by atoms with Crippen molar-refractivity contribution in [3.63, 3.8) is 0 Å². The second kappa shape index (κ2) is 5.19. The van der Waals surface area contributed by atoms with E-state index >= 15 is 0 Å². The molecule has 0 fully saturated rings. The third-order valence-electron chi connectivity index (χ3n) is 3.62. The molecule has 0 saturated heterocycles. The van der Waals surface area contributed by atoms with Crippen LogP contribution >= 0.6 is 15.9 Å². The van der Waals surface area contributed by atoms with Crippen molar-refractivity contribution in [1.29, 1.82) is 0 Å². The van der Waals surface area contributed by atoms with Crippen LogP contribution in [0.5, 0.6) is 5.75 Å². The predicted molar refractivity (Wildman–Crippen MR) is 80.2 cm³/mol. The Labute approximate surface area is 125 Å². The normalized spacial score (nSPS) is 21.2. The number of fused-ring (bicyclic) bond motifs is 1. The molecular formula is C16H15BrFNO. The first-order chi connectivity index (χ1) is 9.54. The van der Waals surface area contributed by atoms with Crippen LogP contribution < -0.4 is 10.5 Å². The van der Waals surface area contributed by atoms with Gasteiger partial charge in [0.05, 0.1) is 0 Å². The van der Waals surface area contributed by atoms with E-state index in [0.717, 1.165) is 15.6 Å². The number of ether oxygens (including phenoxy) is 1. The first-order valence-electron chi connectivity index (χ1n) is 6.52. The van der Waals surface area contributed by atoms with Gasteiger partial charge in [-0.05, 0) is 24.6 Å². The van der Waals surface area contributed by atoms with Crippen LogP contribution in [0.4, 0.5) is 4.39 Å². The van der Waals surface area contributed by atoms with Gasteiger partial charge in [0.2, 0.25) is 0 Å². The molecule has 1 unspecified atom stereocenters. The van der Waals surface area contributed by atoms with Crippen molar-refractivity contribution in [3.8, 4) is 5.75 Å². The maximum absolute atomic E-state index is 13.4. The van der Waals surface area contributed by atoms with Gasteiger partial charge in [-0.2, -0.15) is 0 Å². The third kappa shape index (κ3) is 2.45. The summed E-state index contributed by atoms with van der Waals surface area (Å²) in [6, 6.07) is 10.5. The molecule has 20 heavy (non-hydrogen) atoms. The van der Waals surface area contributed by atoms with E-state index in [1.54, 1.807) is 6.07 Å². The number of hydrogen-bond donors (Lipinski definition) is 1. The van der Waals surface area contributed by atoms with E-state index in [4.69, 9.17) is 10.5 Å². The topological polar surface area (TPSA) is 35.2 Å². The van der Waals surface area contributed by atoms with Crippen LogP contribution in [-0.4, -0.2) is 0 Å². The van der Waals surface area contributed by atoms with Crippen LogP contribution in [0.15, 0.2) is 40.9 Å². The number of halogens is 2. The molecule has 4 heteroatoms. The molecule has 0 bridgehead atoms. The van der Waals surface area contributed by atoms with Gasteiger partial charge in [0.15, 0.2) is 0 Å². The minimum absolute atomic E-state index is 0.141. The first kappa shape index (κ1) is 13.6. The second-order valence-electron chi connectivity index (χ2n) is 5.16. The van der Waals surface area contributed by atoms with Crippen LogP contribution in [0.25, 0.3) is 0 Å². The fourth-order valence-electron chi connectivity index (χ4n) is 2.56. The molecule has 2 N–H and O–H groups in total. The summed E-state index contributed by atoms with van der Waals surface area (Å²) in [7, 11) is 0. The monoisotopic (exact) mass is 335 g/mol. The summed E-state index contributed by atoms with van der Waals surface area (Å²) in [5.41, 5.74) is 9.27. The Morgan fingerprint density at radius 1 is 1.20 bits per heavy atom. The summed E-state index contributed by atoms with van der Waals surface area (Å²) < 4.78 is 20.3. The van der Waals surface area contributed by atoms with Crippen molar-refractivity contribution >= 4 is 15.9 Å². The third-order valence-corrected chi connectivity index (χ3v) is 4.30. The summed E-state index contributed by atoms with van der Waals surface area (Å²) in [6.45, 7) is 2.03. The van der Waals surface area contributed by atoms with E-state index < -0.39 is 0 Å². The van der Waals surface area contributed by atoms with E-state index in [0.29, 0.717) is 12.2 Å². The van der Waals surface area contributed by atoms with Crippen LogP contribution in [-0.2, 0) is 0 Å². The highest BCUT2D eigenvalue weighted by Gasteiger charge is 2.28. The van der Waals surface area contributed by atoms with Gasteiger partial charge in [-0.25, -0.2) is 4.39 Å². The Kier molecular flexibility index (Phi) is 3.52. The number of rotatable bonds is 1. The summed E-state index contributed by atoms with van der Waals surface area (Å²) in [4.78, 5) is 0. The van der Waals surface area contributed by atoms with Gasteiger partial charge < -0.3 is 10.5 Å². The lowest BCUT2D eigenvalue weighted by Crippen LogP contribution is -2.24. The molecule has 104 valence electrons. The number of aryl methyl sites for hydroxylation is 1. The van der Waals surface area contributed by atoms with E-state index in [1.165, 1.54) is 17.7 Å². The maximum Gasteiger partial charge on any atom is 0.127 e. The Hall–Kier alpha value is -1.39. The van der Waals surface area contributed by atoms with E-state index in [2.05, 4.69) is 15.9 Å². The van der Waals surface area contributed by atoms with Gasteiger partial charge in [-0.3, -0.25) is 0 Å². The largest absolute Gasteiger partial charge is 0.485 e. The maximum atomic E-state index is 13.4. The zero-order valence-electron chi connectivity index (χ0n) is 11.1. The number of nitrogens with two attached hydrogens (primary N) is 1. The molecule has 2 nitrogen and oxygen atoms in total. The molecule has 1 aliphatic rings. The van der Waals surface area contributed by atoms with Gasteiger partial charge in [-0.15, -0.1) is 0 Å². The molecule has 2 aromatic carbocycles. The Morgan fingerprint density at radius 2 is 1.95 bits per heavy atom. The summed E-state index contributed by atoms with van der Waals surface area (Å²) in [6.07, 6.45) is 0.523. The number of hydrogen-bond acceptors (Lipinski definition) is 2. The molecule has 0 saturated carbocycles. The summed E-state index contributed by atoms with van der Waals surface area (Å²) in [5, 5.41) is 0. The van der Waals surface area contributed by atoms with Gasteiger partial charge in [0.1, 0.15) is 17.7 Å². The molecule has 0 radical (unpaired) electrons. The molecule has 0 spiro atoms.